The quantitative estimate of drug-likeness (QED) is 0.451. The summed E-state index contributed by atoms with van der Waals surface area (Å²) >= 11 is 1.38. The molecule has 0 radical (unpaired) electrons. The molecular weight excluding hydrogens is 424 g/mol. The van der Waals surface area contributed by atoms with Gasteiger partial charge in [-0.2, -0.15) is 0 Å². The zero-order valence-electron chi connectivity index (χ0n) is 19.3. The Kier molecular flexibility index (Phi) is 14.3. The van der Waals surface area contributed by atoms with Crippen LogP contribution in [-0.4, -0.2) is 16.3 Å². The van der Waals surface area contributed by atoms with E-state index in [4.69, 9.17) is 0 Å². The summed E-state index contributed by atoms with van der Waals surface area (Å²) in [4.78, 5) is 32.8. The van der Waals surface area contributed by atoms with Crippen molar-refractivity contribution in [2.45, 2.75) is 54.4 Å². The topological polar surface area (TPSA) is 113 Å². The van der Waals surface area contributed by atoms with Crippen molar-refractivity contribution >= 4 is 33.6 Å². The van der Waals surface area contributed by atoms with E-state index in [0.29, 0.717) is 0 Å². The number of nitrogens with one attached hydrogen (secondary N) is 1. The first-order chi connectivity index (χ1) is 12.7. The second kappa shape index (κ2) is 13.4. The maximum atomic E-state index is 11.1. The van der Waals surface area contributed by atoms with Crippen molar-refractivity contribution in [1.29, 1.82) is 0 Å². The number of fused-ring (bicyclic) bond motifs is 1. The summed E-state index contributed by atoms with van der Waals surface area (Å²) in [6, 6.07) is 7.54. The largest absolute Gasteiger partial charge is 1.00 e. The van der Waals surface area contributed by atoms with Crippen LogP contribution in [0.3, 0.4) is 0 Å². The van der Waals surface area contributed by atoms with E-state index in [1.807, 2.05) is 38.1 Å². The van der Waals surface area contributed by atoms with Crippen molar-refractivity contribution < 1.29 is 78.9 Å². The number of benzene rings is 1. The number of carbonyl (C=O) groups excluding carboxylic acids is 2. The normalized spacial score (nSPS) is 13.1. The molecule has 0 saturated heterocycles. The number of carboxylic acid groups (broad SMARTS) is 2. The number of H-pyrrole nitrogens is 1. The van der Waals surface area contributed by atoms with Crippen molar-refractivity contribution in [2.24, 2.45) is 22.7 Å². The fourth-order valence-corrected chi connectivity index (χ4v) is 4.36. The van der Waals surface area contributed by atoms with Gasteiger partial charge in [0.1, 0.15) is 0 Å². The minimum Gasteiger partial charge on any atom is -0.550 e. The van der Waals surface area contributed by atoms with Gasteiger partial charge in [0.15, 0.2) is 0 Å². The Bertz CT molecular complexity index is 870. The Balaban J connectivity index is 0. The van der Waals surface area contributed by atoms with Crippen LogP contribution in [0.2, 0.25) is 0 Å². The molecule has 0 bridgehead atoms. The van der Waals surface area contributed by atoms with Gasteiger partial charge in [0, 0.05) is 23.8 Å². The van der Waals surface area contributed by atoms with Gasteiger partial charge in [0.05, 0.1) is 10.1 Å². The summed E-state index contributed by atoms with van der Waals surface area (Å²) in [5, 5.41) is 22.7. The third-order valence-electron chi connectivity index (χ3n) is 4.44. The molecule has 1 heterocycles. The van der Waals surface area contributed by atoms with Gasteiger partial charge >= 0.3 is 59.1 Å². The summed E-state index contributed by atoms with van der Waals surface area (Å²) in [7, 11) is 0. The molecule has 30 heavy (non-hydrogen) atoms. The van der Waals surface area contributed by atoms with Gasteiger partial charge < -0.3 is 19.8 Å². The molecular formula is C21H29NNa2O5S. The van der Waals surface area contributed by atoms with E-state index in [1.165, 1.54) is 18.5 Å². The van der Waals surface area contributed by atoms with Crippen LogP contribution in [-0.2, 0) is 9.59 Å². The first kappa shape index (κ1) is 32.0. The average Bonchev–Trinajstić information content (AvgIpc) is 2.92. The zero-order valence-corrected chi connectivity index (χ0v) is 24.1. The molecule has 2 atom stereocenters. The van der Waals surface area contributed by atoms with Crippen LogP contribution in [0.25, 0.3) is 10.1 Å². The monoisotopic (exact) mass is 453 g/mol. The van der Waals surface area contributed by atoms with E-state index in [0.717, 1.165) is 16.5 Å². The van der Waals surface area contributed by atoms with Crippen LogP contribution in [0.5, 0.6) is 0 Å². The van der Waals surface area contributed by atoms with Crippen molar-refractivity contribution in [3.63, 3.8) is 0 Å². The van der Waals surface area contributed by atoms with Crippen molar-refractivity contribution in [3.8, 4) is 0 Å². The number of hydrogen-bond donors (Lipinski definition) is 1. The number of hydrogen-bond acceptors (Lipinski definition) is 6. The smallest absolute Gasteiger partial charge is 0.550 e. The first-order valence-electron chi connectivity index (χ1n) is 9.21. The standard InChI is InChI=1S/C14H26O4.C7H5NOS.2Na/c1-9(11(15)16)10(12(17)18)7-14(5,6)8-13(2,3)4;9-7-5-3-1-2-4-6(5)10-8-7;;/h9-10H,7-8H2,1-6H3,(H,15,16)(H,17,18);1-4H,(H,8,9);;/q;;2*+1/p-2. The second-order valence-corrected chi connectivity index (χ2v) is 10.0. The molecule has 0 saturated carbocycles. The number of carbonyl (C=O) groups is 2. The van der Waals surface area contributed by atoms with Crippen LogP contribution >= 0.6 is 11.5 Å². The minimum atomic E-state index is -1.34. The summed E-state index contributed by atoms with van der Waals surface area (Å²) in [5.74, 6) is -4.69. The minimum absolute atomic E-state index is 0. The van der Waals surface area contributed by atoms with Crippen molar-refractivity contribution in [2.75, 3.05) is 0 Å². The molecule has 2 aromatic rings. The summed E-state index contributed by atoms with van der Waals surface area (Å²) in [6.45, 7) is 11.5. The van der Waals surface area contributed by atoms with Crippen molar-refractivity contribution in [3.05, 3.63) is 34.6 Å². The van der Waals surface area contributed by atoms with Gasteiger partial charge in [0.2, 0.25) is 0 Å². The van der Waals surface area contributed by atoms with Crippen molar-refractivity contribution in [1.82, 2.24) is 4.37 Å². The van der Waals surface area contributed by atoms with E-state index in [9.17, 15) is 24.6 Å². The van der Waals surface area contributed by atoms with Gasteiger partial charge in [-0.3, -0.25) is 9.17 Å². The summed E-state index contributed by atoms with van der Waals surface area (Å²) < 4.78 is 3.68. The van der Waals surface area contributed by atoms with E-state index >= 15 is 0 Å². The van der Waals surface area contributed by atoms with Crippen LogP contribution in [0, 0.1) is 22.7 Å². The Hall–Kier alpha value is -0.150. The maximum Gasteiger partial charge on any atom is 1.00 e. The second-order valence-electron chi connectivity index (χ2n) is 9.17. The molecule has 9 heteroatoms. The first-order valence-corrected chi connectivity index (χ1v) is 10.0. The van der Waals surface area contributed by atoms with E-state index < -0.39 is 23.8 Å². The Morgan fingerprint density at radius 3 is 2.00 bits per heavy atom. The van der Waals surface area contributed by atoms with Gasteiger partial charge in [-0.15, -0.1) is 0 Å². The molecule has 0 aliphatic rings. The van der Waals surface area contributed by atoms with E-state index in [2.05, 4.69) is 25.1 Å². The molecule has 2 rings (SSSR count). The van der Waals surface area contributed by atoms with Gasteiger partial charge in [-0.05, 0) is 35.8 Å². The molecule has 2 unspecified atom stereocenters. The molecule has 6 nitrogen and oxygen atoms in total. The van der Waals surface area contributed by atoms with Gasteiger partial charge in [0.25, 0.3) is 5.56 Å². The molecule has 1 N–H and O–H groups in total. The molecule has 156 valence electrons. The van der Waals surface area contributed by atoms with Crippen LogP contribution in [0.15, 0.2) is 29.1 Å². The number of carboxylic acids is 2. The number of aliphatic carboxylic acids is 2. The van der Waals surface area contributed by atoms with Gasteiger partial charge in [-0.25, -0.2) is 0 Å². The Morgan fingerprint density at radius 1 is 1.03 bits per heavy atom. The number of rotatable bonds is 6. The molecule has 0 aliphatic heterocycles. The van der Waals surface area contributed by atoms with Crippen LogP contribution in [0.4, 0.5) is 0 Å². The predicted molar refractivity (Wildman–Crippen MR) is 108 cm³/mol. The molecule has 1 aromatic heterocycles. The predicted octanol–water partition coefficient (Wildman–Crippen LogP) is -3.81. The summed E-state index contributed by atoms with van der Waals surface area (Å²) in [6.07, 6.45) is 1.09. The van der Waals surface area contributed by atoms with Crippen LogP contribution in [0.1, 0.15) is 54.4 Å². The molecule has 1 aromatic carbocycles. The summed E-state index contributed by atoms with van der Waals surface area (Å²) in [5.41, 5.74) is -0.183. The number of aromatic nitrogens is 1. The Labute approximate surface area is 226 Å². The number of aromatic amines is 1. The van der Waals surface area contributed by atoms with E-state index in [-0.39, 0.29) is 81.9 Å². The third-order valence-corrected chi connectivity index (χ3v) is 5.31. The molecule has 0 fully saturated rings. The fraction of sp³-hybridized carbons (Fsp3) is 0.571. The van der Waals surface area contributed by atoms with Gasteiger partial charge in [-0.1, -0.05) is 65.2 Å². The average molecular weight is 454 g/mol. The SMILES string of the molecule is CC(C(=O)[O-])C(CC(C)(C)CC(C)(C)C)C(=O)[O-].O=c1[nH]sc2ccccc12.[Na+].[Na+]. The zero-order chi connectivity index (χ0) is 21.7. The van der Waals surface area contributed by atoms with E-state index in [1.54, 1.807) is 0 Å². The molecule has 0 amide bonds. The fourth-order valence-electron chi connectivity index (χ4n) is 3.63. The Morgan fingerprint density at radius 2 is 1.57 bits per heavy atom. The third kappa shape index (κ3) is 10.9. The van der Waals surface area contributed by atoms with Crippen LogP contribution < -0.4 is 74.9 Å². The molecule has 0 aliphatic carbocycles. The molecule has 0 spiro atoms. The maximum absolute atomic E-state index is 11.1.